The molecule has 0 aliphatic heterocycles. The van der Waals surface area contributed by atoms with Gasteiger partial charge in [0.05, 0.1) is 14.2 Å². The molecule has 0 amide bonds. The standard InChI is InChI=1S/C25H32O3/c1-27-21-13-11-19(12-14-21)23-10-7-8-20-18-22(28-2)15-16-24(20)25(23)9-5-3-4-6-17-26/h11-16,18,26H,3-10,17H2,1-2H3. The fraction of sp³-hybridized carbons (Fsp3) is 0.440. The highest BCUT2D eigenvalue weighted by Gasteiger charge is 2.19. The molecule has 3 rings (SSSR count). The topological polar surface area (TPSA) is 38.7 Å². The van der Waals surface area contributed by atoms with Crippen LogP contribution in [0.25, 0.3) is 11.1 Å². The van der Waals surface area contributed by atoms with Crippen LogP contribution in [0, 0.1) is 0 Å². The quantitative estimate of drug-likeness (QED) is 0.551. The number of hydrogen-bond donors (Lipinski definition) is 1. The zero-order valence-corrected chi connectivity index (χ0v) is 17.2. The molecule has 0 aromatic heterocycles. The summed E-state index contributed by atoms with van der Waals surface area (Å²) in [6.45, 7) is 0.294. The van der Waals surface area contributed by atoms with Crippen LogP contribution in [-0.4, -0.2) is 25.9 Å². The molecule has 150 valence electrons. The smallest absolute Gasteiger partial charge is 0.119 e. The number of aryl methyl sites for hydroxylation is 1. The number of ether oxygens (including phenoxy) is 2. The minimum atomic E-state index is 0.294. The van der Waals surface area contributed by atoms with Gasteiger partial charge in [-0.15, -0.1) is 0 Å². The van der Waals surface area contributed by atoms with Gasteiger partial charge in [0.2, 0.25) is 0 Å². The molecule has 0 spiro atoms. The first-order valence-electron chi connectivity index (χ1n) is 10.4. The summed E-state index contributed by atoms with van der Waals surface area (Å²) in [5, 5.41) is 9.03. The van der Waals surface area contributed by atoms with Gasteiger partial charge in [0.15, 0.2) is 0 Å². The van der Waals surface area contributed by atoms with Crippen molar-refractivity contribution in [1.29, 1.82) is 0 Å². The molecule has 3 heteroatoms. The number of hydrogen-bond acceptors (Lipinski definition) is 3. The van der Waals surface area contributed by atoms with Crippen molar-refractivity contribution in [2.24, 2.45) is 0 Å². The molecule has 1 aliphatic rings. The second-order valence-corrected chi connectivity index (χ2v) is 7.45. The molecular formula is C25H32O3. The molecule has 0 unspecified atom stereocenters. The summed E-state index contributed by atoms with van der Waals surface area (Å²) < 4.78 is 10.8. The van der Waals surface area contributed by atoms with Crippen LogP contribution in [-0.2, 0) is 6.42 Å². The number of unbranched alkanes of at least 4 members (excludes halogenated alkanes) is 3. The average molecular weight is 381 g/mol. The van der Waals surface area contributed by atoms with Gasteiger partial charge in [-0.2, -0.15) is 0 Å². The first-order valence-corrected chi connectivity index (χ1v) is 10.4. The maximum atomic E-state index is 9.03. The monoisotopic (exact) mass is 380 g/mol. The van der Waals surface area contributed by atoms with Crippen molar-refractivity contribution in [2.45, 2.75) is 51.4 Å². The Labute approximate surface area is 169 Å². The first kappa shape index (κ1) is 20.5. The molecule has 0 heterocycles. The van der Waals surface area contributed by atoms with Crippen molar-refractivity contribution in [2.75, 3.05) is 20.8 Å². The molecule has 0 saturated carbocycles. The zero-order chi connectivity index (χ0) is 19.8. The van der Waals surface area contributed by atoms with Crippen molar-refractivity contribution in [3.8, 4) is 11.5 Å². The average Bonchev–Trinajstić information content (AvgIpc) is 2.92. The van der Waals surface area contributed by atoms with Gasteiger partial charge in [0.1, 0.15) is 11.5 Å². The van der Waals surface area contributed by atoms with Crippen LogP contribution in [0.2, 0.25) is 0 Å². The molecule has 2 aromatic rings. The van der Waals surface area contributed by atoms with Gasteiger partial charge < -0.3 is 14.6 Å². The Morgan fingerprint density at radius 2 is 1.54 bits per heavy atom. The molecule has 1 aliphatic carbocycles. The van der Waals surface area contributed by atoms with E-state index < -0.39 is 0 Å². The van der Waals surface area contributed by atoms with E-state index in [1.807, 2.05) is 0 Å². The van der Waals surface area contributed by atoms with Crippen LogP contribution in [0.1, 0.15) is 61.6 Å². The molecule has 1 N–H and O–H groups in total. The Kier molecular flexibility index (Phi) is 7.55. The van der Waals surface area contributed by atoms with Crippen LogP contribution in [0.4, 0.5) is 0 Å². The van der Waals surface area contributed by atoms with Crippen LogP contribution in [0.5, 0.6) is 11.5 Å². The van der Waals surface area contributed by atoms with Crippen molar-refractivity contribution in [3.05, 3.63) is 59.2 Å². The number of aliphatic hydroxyl groups excluding tert-OH is 1. The second kappa shape index (κ2) is 10.3. The minimum Gasteiger partial charge on any atom is -0.497 e. The molecule has 28 heavy (non-hydrogen) atoms. The lowest BCUT2D eigenvalue weighted by molar-refractivity contribution is 0.282. The SMILES string of the molecule is COc1ccc(C2=C(CCCCCCO)c3ccc(OC)cc3CCC2)cc1. The van der Waals surface area contributed by atoms with E-state index >= 15 is 0 Å². The Bertz CT molecular complexity index is 790. The van der Waals surface area contributed by atoms with E-state index in [0.29, 0.717) is 6.61 Å². The largest absolute Gasteiger partial charge is 0.497 e. The fourth-order valence-electron chi connectivity index (χ4n) is 4.13. The van der Waals surface area contributed by atoms with Crippen LogP contribution < -0.4 is 9.47 Å². The molecule has 0 fully saturated rings. The minimum absolute atomic E-state index is 0.294. The summed E-state index contributed by atoms with van der Waals surface area (Å²) in [5.41, 5.74) is 7.02. The Morgan fingerprint density at radius 3 is 2.25 bits per heavy atom. The molecule has 0 bridgehead atoms. The first-order chi connectivity index (χ1) is 13.8. The number of methoxy groups -OCH3 is 2. The lowest BCUT2D eigenvalue weighted by Crippen LogP contribution is -1.96. The van der Waals surface area contributed by atoms with Gasteiger partial charge in [-0.3, -0.25) is 0 Å². The third-order valence-corrected chi connectivity index (χ3v) is 5.65. The maximum absolute atomic E-state index is 9.03. The van der Waals surface area contributed by atoms with E-state index in [-0.39, 0.29) is 0 Å². The molecular weight excluding hydrogens is 348 g/mol. The number of benzene rings is 2. The Balaban J connectivity index is 1.96. The lowest BCUT2D eigenvalue weighted by Gasteiger charge is -2.17. The van der Waals surface area contributed by atoms with Crippen molar-refractivity contribution < 1.29 is 14.6 Å². The van der Waals surface area contributed by atoms with E-state index in [4.69, 9.17) is 14.6 Å². The normalized spacial score (nSPS) is 13.8. The van der Waals surface area contributed by atoms with Gasteiger partial charge in [-0.05, 0) is 90.6 Å². The van der Waals surface area contributed by atoms with Gasteiger partial charge >= 0.3 is 0 Å². The van der Waals surface area contributed by atoms with Gasteiger partial charge in [-0.1, -0.05) is 31.0 Å². The molecule has 3 nitrogen and oxygen atoms in total. The predicted molar refractivity (Wildman–Crippen MR) is 116 cm³/mol. The second-order valence-electron chi connectivity index (χ2n) is 7.45. The summed E-state index contributed by atoms with van der Waals surface area (Å²) >= 11 is 0. The van der Waals surface area contributed by atoms with E-state index in [1.54, 1.807) is 14.2 Å². The molecule has 0 radical (unpaired) electrons. The molecule has 0 atom stereocenters. The van der Waals surface area contributed by atoms with E-state index in [2.05, 4.69) is 42.5 Å². The van der Waals surface area contributed by atoms with Crippen molar-refractivity contribution in [3.63, 3.8) is 0 Å². The molecule has 2 aromatic carbocycles. The van der Waals surface area contributed by atoms with Crippen molar-refractivity contribution >= 4 is 11.1 Å². The summed E-state index contributed by atoms with van der Waals surface area (Å²) in [6, 6.07) is 15.0. The van der Waals surface area contributed by atoms with Crippen LogP contribution in [0.15, 0.2) is 42.5 Å². The van der Waals surface area contributed by atoms with Gasteiger partial charge in [0, 0.05) is 6.61 Å². The van der Waals surface area contributed by atoms with E-state index in [0.717, 1.165) is 62.9 Å². The summed E-state index contributed by atoms with van der Waals surface area (Å²) in [6.07, 6.45) is 8.71. The number of allylic oxidation sites excluding steroid dienone is 2. The van der Waals surface area contributed by atoms with Crippen LogP contribution >= 0.6 is 0 Å². The highest BCUT2D eigenvalue weighted by atomic mass is 16.5. The Morgan fingerprint density at radius 1 is 0.821 bits per heavy atom. The summed E-state index contributed by atoms with van der Waals surface area (Å²) in [4.78, 5) is 0. The third kappa shape index (κ3) is 4.96. The Hall–Kier alpha value is -2.26. The predicted octanol–water partition coefficient (Wildman–Crippen LogP) is 5.89. The van der Waals surface area contributed by atoms with Crippen molar-refractivity contribution in [1.82, 2.24) is 0 Å². The summed E-state index contributed by atoms with van der Waals surface area (Å²) in [5.74, 6) is 1.84. The van der Waals surface area contributed by atoms with Gasteiger partial charge in [0.25, 0.3) is 0 Å². The van der Waals surface area contributed by atoms with E-state index in [9.17, 15) is 0 Å². The third-order valence-electron chi connectivity index (χ3n) is 5.65. The van der Waals surface area contributed by atoms with E-state index in [1.165, 1.54) is 27.8 Å². The maximum Gasteiger partial charge on any atom is 0.119 e. The number of fused-ring (bicyclic) bond motifs is 1. The highest BCUT2D eigenvalue weighted by Crippen LogP contribution is 2.40. The number of rotatable bonds is 9. The summed E-state index contributed by atoms with van der Waals surface area (Å²) in [7, 11) is 3.44. The molecule has 0 saturated heterocycles. The van der Waals surface area contributed by atoms with Crippen LogP contribution in [0.3, 0.4) is 0 Å². The fourth-order valence-corrected chi connectivity index (χ4v) is 4.13. The zero-order valence-electron chi connectivity index (χ0n) is 17.2. The number of aliphatic hydroxyl groups is 1. The lowest BCUT2D eigenvalue weighted by atomic mass is 9.89. The highest BCUT2D eigenvalue weighted by molar-refractivity contribution is 5.92. The van der Waals surface area contributed by atoms with Gasteiger partial charge in [-0.25, -0.2) is 0 Å².